The smallest absolute Gasteiger partial charge is 0.216 e. The maximum atomic E-state index is 5.84. The first-order valence-electron chi connectivity index (χ1n) is 7.22. The van der Waals surface area contributed by atoms with E-state index in [0.717, 1.165) is 22.6 Å². The maximum Gasteiger partial charge on any atom is 0.216 e. The fourth-order valence-corrected chi connectivity index (χ4v) is 3.04. The summed E-state index contributed by atoms with van der Waals surface area (Å²) in [4.78, 5) is 4.62. The SMILES string of the molecule is Cc1ccc2oc(-c3n[nH]c(C4CCCC4)n3)cc2c1. The van der Waals surface area contributed by atoms with E-state index in [2.05, 4.69) is 34.2 Å². The number of fused-ring (bicyclic) bond motifs is 1. The summed E-state index contributed by atoms with van der Waals surface area (Å²) in [5, 5.41) is 8.50. The summed E-state index contributed by atoms with van der Waals surface area (Å²) in [5.41, 5.74) is 2.12. The Morgan fingerprint density at radius 3 is 2.90 bits per heavy atom. The molecule has 1 N–H and O–H groups in total. The third-order valence-electron chi connectivity index (χ3n) is 4.14. The Balaban J connectivity index is 1.71. The van der Waals surface area contributed by atoms with E-state index in [4.69, 9.17) is 4.42 Å². The maximum absolute atomic E-state index is 5.84. The number of nitrogens with one attached hydrogen (secondary N) is 1. The van der Waals surface area contributed by atoms with Crippen LogP contribution in [0.15, 0.2) is 28.7 Å². The van der Waals surface area contributed by atoms with Gasteiger partial charge in [-0.15, -0.1) is 0 Å². The highest BCUT2D eigenvalue weighted by Gasteiger charge is 2.21. The highest BCUT2D eigenvalue weighted by atomic mass is 16.3. The van der Waals surface area contributed by atoms with Crippen molar-refractivity contribution in [2.24, 2.45) is 0 Å². The van der Waals surface area contributed by atoms with Crippen molar-refractivity contribution in [3.8, 4) is 11.6 Å². The van der Waals surface area contributed by atoms with Gasteiger partial charge in [-0.05, 0) is 38.0 Å². The van der Waals surface area contributed by atoms with Crippen molar-refractivity contribution in [3.63, 3.8) is 0 Å². The molecule has 0 bridgehead atoms. The first kappa shape index (κ1) is 11.7. The molecule has 0 spiro atoms. The van der Waals surface area contributed by atoms with Gasteiger partial charge in [0.1, 0.15) is 11.4 Å². The molecular weight excluding hydrogens is 250 g/mol. The van der Waals surface area contributed by atoms with E-state index in [9.17, 15) is 0 Å². The van der Waals surface area contributed by atoms with E-state index in [0.29, 0.717) is 11.7 Å². The molecule has 1 aliphatic carbocycles. The summed E-state index contributed by atoms with van der Waals surface area (Å²) in [7, 11) is 0. The topological polar surface area (TPSA) is 54.7 Å². The second kappa shape index (κ2) is 4.47. The average Bonchev–Trinajstić information content (AvgIpc) is 3.17. The minimum absolute atomic E-state index is 0.544. The van der Waals surface area contributed by atoms with Crippen molar-refractivity contribution in [2.45, 2.75) is 38.5 Å². The first-order valence-corrected chi connectivity index (χ1v) is 7.22. The lowest BCUT2D eigenvalue weighted by Crippen LogP contribution is -1.94. The zero-order valence-corrected chi connectivity index (χ0v) is 11.5. The minimum Gasteiger partial charge on any atom is -0.453 e. The van der Waals surface area contributed by atoms with Gasteiger partial charge in [0.2, 0.25) is 5.82 Å². The number of rotatable bonds is 2. The van der Waals surface area contributed by atoms with Gasteiger partial charge in [-0.1, -0.05) is 24.5 Å². The third-order valence-corrected chi connectivity index (χ3v) is 4.14. The number of aryl methyl sites for hydroxylation is 1. The Hall–Kier alpha value is -2.10. The van der Waals surface area contributed by atoms with Crippen LogP contribution in [0.25, 0.3) is 22.6 Å². The van der Waals surface area contributed by atoms with Gasteiger partial charge in [0.05, 0.1) is 0 Å². The molecule has 20 heavy (non-hydrogen) atoms. The van der Waals surface area contributed by atoms with Crippen LogP contribution in [0.1, 0.15) is 43.0 Å². The molecule has 102 valence electrons. The molecule has 2 aromatic heterocycles. The lowest BCUT2D eigenvalue weighted by molar-refractivity contribution is 0.625. The summed E-state index contributed by atoms with van der Waals surface area (Å²) in [6.07, 6.45) is 5.02. The van der Waals surface area contributed by atoms with Crippen molar-refractivity contribution >= 4 is 11.0 Å². The van der Waals surface area contributed by atoms with Crippen molar-refractivity contribution in [1.82, 2.24) is 15.2 Å². The molecule has 0 atom stereocenters. The molecule has 3 aromatic rings. The summed E-state index contributed by atoms with van der Waals surface area (Å²) < 4.78 is 5.84. The van der Waals surface area contributed by atoms with E-state index in [1.54, 1.807) is 0 Å². The van der Waals surface area contributed by atoms with Gasteiger partial charge in [0, 0.05) is 11.3 Å². The molecule has 1 fully saturated rings. The van der Waals surface area contributed by atoms with Crippen LogP contribution < -0.4 is 0 Å². The fourth-order valence-electron chi connectivity index (χ4n) is 3.04. The normalized spacial score (nSPS) is 16.2. The van der Waals surface area contributed by atoms with Crippen LogP contribution in [0, 0.1) is 6.92 Å². The Bertz CT molecular complexity index is 750. The molecule has 0 radical (unpaired) electrons. The Labute approximate surface area is 117 Å². The molecule has 0 saturated heterocycles. The quantitative estimate of drug-likeness (QED) is 0.757. The number of benzene rings is 1. The number of hydrogen-bond acceptors (Lipinski definition) is 3. The number of furan rings is 1. The fraction of sp³-hybridized carbons (Fsp3) is 0.375. The zero-order chi connectivity index (χ0) is 13.5. The van der Waals surface area contributed by atoms with E-state index in [1.807, 2.05) is 12.1 Å². The van der Waals surface area contributed by atoms with Crippen LogP contribution in [0.5, 0.6) is 0 Å². The number of hydrogen-bond donors (Lipinski definition) is 1. The molecular formula is C16H17N3O. The van der Waals surface area contributed by atoms with Gasteiger partial charge < -0.3 is 4.42 Å². The lowest BCUT2D eigenvalue weighted by Gasteiger charge is -2.01. The van der Waals surface area contributed by atoms with Gasteiger partial charge in [-0.3, -0.25) is 5.10 Å². The van der Waals surface area contributed by atoms with Crippen molar-refractivity contribution in [1.29, 1.82) is 0 Å². The number of H-pyrrole nitrogens is 1. The zero-order valence-electron chi connectivity index (χ0n) is 11.5. The summed E-state index contributed by atoms with van der Waals surface area (Å²) in [6, 6.07) is 8.19. The molecule has 4 rings (SSSR count). The van der Waals surface area contributed by atoms with Gasteiger partial charge in [-0.2, -0.15) is 5.10 Å². The van der Waals surface area contributed by atoms with E-state index in [-0.39, 0.29) is 0 Å². The molecule has 0 aliphatic heterocycles. The van der Waals surface area contributed by atoms with E-state index in [1.165, 1.54) is 31.2 Å². The summed E-state index contributed by atoms with van der Waals surface area (Å²) >= 11 is 0. The Kier molecular flexibility index (Phi) is 2.62. The second-order valence-corrected chi connectivity index (χ2v) is 5.68. The van der Waals surface area contributed by atoms with Crippen LogP contribution in [-0.2, 0) is 0 Å². The van der Waals surface area contributed by atoms with Crippen LogP contribution in [0.2, 0.25) is 0 Å². The standard InChI is InChI=1S/C16H17N3O/c1-10-6-7-13-12(8-10)9-14(20-13)16-17-15(18-19-16)11-4-2-3-5-11/h6-9,11H,2-5H2,1H3,(H,17,18,19). The van der Waals surface area contributed by atoms with Gasteiger partial charge in [0.15, 0.2) is 5.76 Å². The van der Waals surface area contributed by atoms with Crippen LogP contribution >= 0.6 is 0 Å². The molecule has 1 saturated carbocycles. The van der Waals surface area contributed by atoms with Crippen LogP contribution in [0.4, 0.5) is 0 Å². The Morgan fingerprint density at radius 2 is 2.05 bits per heavy atom. The monoisotopic (exact) mass is 267 g/mol. The number of aromatic nitrogens is 3. The summed E-state index contributed by atoms with van der Waals surface area (Å²) in [5.74, 6) is 2.96. The lowest BCUT2D eigenvalue weighted by atomic mass is 10.1. The number of nitrogens with zero attached hydrogens (tertiary/aromatic N) is 2. The highest BCUT2D eigenvalue weighted by molar-refractivity contribution is 5.82. The molecule has 4 heteroatoms. The highest BCUT2D eigenvalue weighted by Crippen LogP contribution is 2.33. The predicted molar refractivity (Wildman–Crippen MR) is 77.5 cm³/mol. The predicted octanol–water partition coefficient (Wildman–Crippen LogP) is 4.18. The average molecular weight is 267 g/mol. The second-order valence-electron chi connectivity index (χ2n) is 5.68. The van der Waals surface area contributed by atoms with Gasteiger partial charge in [0.25, 0.3) is 0 Å². The molecule has 1 aromatic carbocycles. The molecule has 0 amide bonds. The van der Waals surface area contributed by atoms with Crippen LogP contribution in [0.3, 0.4) is 0 Å². The summed E-state index contributed by atoms with van der Waals surface area (Å²) in [6.45, 7) is 2.08. The third kappa shape index (κ3) is 1.92. The Morgan fingerprint density at radius 1 is 1.20 bits per heavy atom. The van der Waals surface area contributed by atoms with Gasteiger partial charge >= 0.3 is 0 Å². The molecule has 0 unspecified atom stereocenters. The minimum atomic E-state index is 0.544. The first-order chi connectivity index (χ1) is 9.79. The molecule has 2 heterocycles. The largest absolute Gasteiger partial charge is 0.453 e. The van der Waals surface area contributed by atoms with Gasteiger partial charge in [-0.25, -0.2) is 4.98 Å². The molecule has 4 nitrogen and oxygen atoms in total. The van der Waals surface area contributed by atoms with E-state index < -0.39 is 0 Å². The van der Waals surface area contributed by atoms with Crippen molar-refractivity contribution < 1.29 is 4.42 Å². The molecule has 1 aliphatic rings. The number of aromatic amines is 1. The van der Waals surface area contributed by atoms with E-state index >= 15 is 0 Å². The van der Waals surface area contributed by atoms with Crippen LogP contribution in [-0.4, -0.2) is 15.2 Å². The van der Waals surface area contributed by atoms with Crippen molar-refractivity contribution in [2.75, 3.05) is 0 Å². The van der Waals surface area contributed by atoms with Crippen molar-refractivity contribution in [3.05, 3.63) is 35.7 Å².